The van der Waals surface area contributed by atoms with E-state index in [9.17, 15) is 0 Å². The van der Waals surface area contributed by atoms with E-state index in [4.69, 9.17) is 9.40 Å². The second-order valence-electron chi connectivity index (χ2n) is 6.23. The van der Waals surface area contributed by atoms with E-state index in [1.54, 1.807) is 6.26 Å². The molecule has 22 heavy (non-hydrogen) atoms. The van der Waals surface area contributed by atoms with Crippen LogP contribution in [0.3, 0.4) is 0 Å². The summed E-state index contributed by atoms with van der Waals surface area (Å²) in [6.07, 6.45) is 5.07. The number of nitrogens with one attached hydrogen (secondary N) is 1. The molecule has 0 aliphatic carbocycles. The molecule has 0 spiro atoms. The minimum Gasteiger partial charge on any atom is -0.468 e. The Hall–Kier alpha value is -1.40. The van der Waals surface area contributed by atoms with E-state index in [2.05, 4.69) is 28.4 Å². The number of hydrogen-bond acceptors (Lipinski definition) is 6. The Kier molecular flexibility index (Phi) is 5.10. The first-order valence-corrected chi connectivity index (χ1v) is 8.81. The van der Waals surface area contributed by atoms with Crippen molar-refractivity contribution >= 4 is 16.7 Å². The highest BCUT2D eigenvalue weighted by atomic mass is 32.1. The van der Waals surface area contributed by atoms with Crippen molar-refractivity contribution < 1.29 is 4.42 Å². The molecule has 1 atom stereocenters. The quantitative estimate of drug-likeness (QED) is 0.886. The highest BCUT2D eigenvalue weighted by Crippen LogP contribution is 2.24. The van der Waals surface area contributed by atoms with Crippen molar-refractivity contribution in [2.45, 2.75) is 45.7 Å². The van der Waals surface area contributed by atoms with E-state index in [-0.39, 0.29) is 0 Å². The van der Waals surface area contributed by atoms with Gasteiger partial charge in [0.1, 0.15) is 11.6 Å². The Bertz CT molecular complexity index is 560. The molecule has 2 aromatic heterocycles. The number of furan rings is 1. The van der Waals surface area contributed by atoms with Crippen LogP contribution in [0.4, 0.5) is 5.13 Å². The lowest BCUT2D eigenvalue weighted by atomic mass is 10.00. The Morgan fingerprint density at radius 2 is 2.27 bits per heavy atom. The molecule has 5 nitrogen and oxygen atoms in total. The zero-order valence-corrected chi connectivity index (χ0v) is 14.1. The van der Waals surface area contributed by atoms with Crippen LogP contribution in [-0.2, 0) is 13.0 Å². The molecule has 2 aromatic rings. The minimum atomic E-state index is 0.328. The van der Waals surface area contributed by atoms with Crippen LogP contribution in [-0.4, -0.2) is 28.5 Å². The van der Waals surface area contributed by atoms with Crippen molar-refractivity contribution in [1.29, 1.82) is 0 Å². The maximum Gasteiger partial charge on any atom is 0.205 e. The van der Waals surface area contributed by atoms with Crippen molar-refractivity contribution in [2.75, 3.05) is 18.0 Å². The van der Waals surface area contributed by atoms with E-state index < -0.39 is 0 Å². The van der Waals surface area contributed by atoms with Crippen LogP contribution in [0.15, 0.2) is 22.8 Å². The first kappa shape index (κ1) is 15.5. The largest absolute Gasteiger partial charge is 0.468 e. The molecule has 1 unspecified atom stereocenters. The lowest BCUT2D eigenvalue weighted by Gasteiger charge is -2.29. The minimum absolute atomic E-state index is 0.328. The van der Waals surface area contributed by atoms with Gasteiger partial charge in [-0.15, -0.1) is 0 Å². The van der Waals surface area contributed by atoms with Gasteiger partial charge in [0.05, 0.1) is 12.8 Å². The van der Waals surface area contributed by atoms with E-state index in [1.807, 2.05) is 12.1 Å². The molecular weight excluding hydrogens is 296 g/mol. The molecule has 0 amide bonds. The van der Waals surface area contributed by atoms with Crippen molar-refractivity contribution in [3.05, 3.63) is 30.0 Å². The summed E-state index contributed by atoms with van der Waals surface area (Å²) in [5.74, 6) is 2.74. The van der Waals surface area contributed by atoms with Gasteiger partial charge in [-0.05, 0) is 37.8 Å². The lowest BCUT2D eigenvalue weighted by molar-refractivity contribution is 0.437. The van der Waals surface area contributed by atoms with Gasteiger partial charge in [0.15, 0.2) is 0 Å². The summed E-state index contributed by atoms with van der Waals surface area (Å²) in [6, 6.07) is 4.22. The van der Waals surface area contributed by atoms with Gasteiger partial charge < -0.3 is 14.6 Å². The van der Waals surface area contributed by atoms with Crippen LogP contribution in [0.25, 0.3) is 0 Å². The molecule has 0 aromatic carbocycles. The summed E-state index contributed by atoms with van der Waals surface area (Å²) in [4.78, 5) is 7.09. The highest BCUT2D eigenvalue weighted by Gasteiger charge is 2.19. The predicted molar refractivity (Wildman–Crippen MR) is 89.2 cm³/mol. The third-order valence-electron chi connectivity index (χ3n) is 4.21. The number of hydrogen-bond donors (Lipinski definition) is 1. The smallest absolute Gasteiger partial charge is 0.205 e. The monoisotopic (exact) mass is 320 g/mol. The zero-order chi connectivity index (χ0) is 15.4. The molecule has 1 aliphatic heterocycles. The number of aromatic nitrogens is 2. The summed E-state index contributed by atoms with van der Waals surface area (Å²) >= 11 is 1.53. The summed E-state index contributed by atoms with van der Waals surface area (Å²) < 4.78 is 9.85. The van der Waals surface area contributed by atoms with Crippen molar-refractivity contribution in [1.82, 2.24) is 14.7 Å². The van der Waals surface area contributed by atoms with Gasteiger partial charge in [0.25, 0.3) is 0 Å². The fourth-order valence-corrected chi connectivity index (χ4v) is 3.44. The van der Waals surface area contributed by atoms with E-state index in [0.29, 0.717) is 6.04 Å². The molecule has 6 heteroatoms. The maximum atomic E-state index is 5.33. The predicted octanol–water partition coefficient (Wildman–Crippen LogP) is 3.09. The van der Waals surface area contributed by atoms with Crippen LogP contribution in [0.1, 0.15) is 38.3 Å². The average molecular weight is 320 g/mol. The summed E-state index contributed by atoms with van der Waals surface area (Å²) in [6.45, 7) is 7.46. The van der Waals surface area contributed by atoms with Crippen LogP contribution >= 0.6 is 11.5 Å². The van der Waals surface area contributed by atoms with Gasteiger partial charge in [-0.1, -0.05) is 6.92 Å². The van der Waals surface area contributed by atoms with Crippen LogP contribution in [0.5, 0.6) is 0 Å². The van der Waals surface area contributed by atoms with Gasteiger partial charge in [-0.3, -0.25) is 0 Å². The third kappa shape index (κ3) is 4.08. The van der Waals surface area contributed by atoms with E-state index >= 15 is 0 Å². The Labute approximate surface area is 135 Å². The van der Waals surface area contributed by atoms with E-state index in [1.165, 1.54) is 24.4 Å². The fourth-order valence-electron chi connectivity index (χ4n) is 2.69. The van der Waals surface area contributed by atoms with Crippen LogP contribution < -0.4 is 10.2 Å². The normalized spacial score (nSPS) is 17.8. The number of rotatable bonds is 6. The molecule has 120 valence electrons. The molecule has 1 N–H and O–H groups in total. The van der Waals surface area contributed by atoms with Crippen molar-refractivity contribution in [2.24, 2.45) is 5.92 Å². The number of nitrogens with zero attached hydrogens (tertiary/aromatic N) is 3. The van der Waals surface area contributed by atoms with Crippen molar-refractivity contribution in [3.63, 3.8) is 0 Å². The molecular formula is C16H24N4OS. The molecule has 0 saturated carbocycles. The maximum absolute atomic E-state index is 5.33. The average Bonchev–Trinajstić information content (AvgIpc) is 3.17. The first-order valence-electron chi connectivity index (χ1n) is 8.04. The lowest BCUT2D eigenvalue weighted by Crippen LogP contribution is -2.32. The second-order valence-corrected chi connectivity index (χ2v) is 6.96. The molecule has 0 radical (unpaired) electrons. The Morgan fingerprint density at radius 1 is 1.45 bits per heavy atom. The Balaban J connectivity index is 1.48. The SMILES string of the molecule is CC1CCN(c2nc(CC(C)NCc3ccco3)ns2)CC1. The summed E-state index contributed by atoms with van der Waals surface area (Å²) in [5.41, 5.74) is 0. The zero-order valence-electron chi connectivity index (χ0n) is 13.3. The topological polar surface area (TPSA) is 54.2 Å². The third-order valence-corrected chi connectivity index (χ3v) is 5.02. The summed E-state index contributed by atoms with van der Waals surface area (Å²) in [5, 5.41) is 4.53. The molecule has 1 aliphatic rings. The molecule has 0 bridgehead atoms. The van der Waals surface area contributed by atoms with E-state index in [0.717, 1.165) is 48.7 Å². The molecule has 3 heterocycles. The first-order chi connectivity index (χ1) is 10.7. The van der Waals surface area contributed by atoms with Gasteiger partial charge in [0.2, 0.25) is 5.13 Å². The molecule has 1 fully saturated rings. The molecule has 1 saturated heterocycles. The van der Waals surface area contributed by atoms with Gasteiger partial charge >= 0.3 is 0 Å². The highest BCUT2D eigenvalue weighted by molar-refractivity contribution is 7.09. The standard InChI is InChI=1S/C16H24N4OS/c1-12-5-7-20(8-6-12)16-18-15(19-22-16)10-13(2)17-11-14-4-3-9-21-14/h3-4,9,12-13,17H,5-8,10-11H2,1-2H3. The fraction of sp³-hybridized carbons (Fsp3) is 0.625. The van der Waals surface area contributed by atoms with Gasteiger partial charge in [-0.25, -0.2) is 4.98 Å². The second kappa shape index (κ2) is 7.24. The number of anilines is 1. The van der Waals surface area contributed by atoms with Gasteiger partial charge in [-0.2, -0.15) is 4.37 Å². The van der Waals surface area contributed by atoms with Gasteiger partial charge in [0, 0.05) is 37.1 Å². The Morgan fingerprint density at radius 3 is 3.00 bits per heavy atom. The molecule has 3 rings (SSSR count). The van der Waals surface area contributed by atoms with Crippen LogP contribution in [0.2, 0.25) is 0 Å². The summed E-state index contributed by atoms with van der Waals surface area (Å²) in [7, 11) is 0. The number of piperidine rings is 1. The van der Waals surface area contributed by atoms with Crippen LogP contribution in [0, 0.1) is 5.92 Å². The van der Waals surface area contributed by atoms with Crippen molar-refractivity contribution in [3.8, 4) is 0 Å².